The predicted octanol–water partition coefficient (Wildman–Crippen LogP) is 1.74. The number of carbonyl (C=O) groups is 8. The number of hydrogen-bond donors (Lipinski definition) is 7. The van der Waals surface area contributed by atoms with Gasteiger partial charge >= 0.3 is 11.9 Å². The Bertz CT molecular complexity index is 2080. The van der Waals surface area contributed by atoms with Crippen LogP contribution in [-0.2, 0) is 50.8 Å². The third kappa shape index (κ3) is 13.1. The van der Waals surface area contributed by atoms with Gasteiger partial charge in [-0.2, -0.15) is 0 Å². The number of amides is 6. The summed E-state index contributed by atoms with van der Waals surface area (Å²) in [7, 11) is 5.26. The van der Waals surface area contributed by atoms with Crippen molar-refractivity contribution in [3.05, 3.63) is 47.7 Å². The molecule has 19 heteroatoms. The van der Waals surface area contributed by atoms with Crippen molar-refractivity contribution >= 4 is 70.0 Å². The molecule has 0 bridgehead atoms. The Morgan fingerprint density at radius 2 is 1.63 bits per heavy atom. The van der Waals surface area contributed by atoms with E-state index in [0.29, 0.717) is 0 Å². The van der Waals surface area contributed by atoms with Crippen molar-refractivity contribution in [3.8, 4) is 0 Å². The molecule has 3 rings (SSSR count). The second-order valence-electron chi connectivity index (χ2n) is 18.1. The van der Waals surface area contributed by atoms with Crippen LogP contribution in [0.2, 0.25) is 0 Å². The Labute approximate surface area is 373 Å². The maximum Gasteiger partial charge on any atom is 0.326 e. The summed E-state index contributed by atoms with van der Waals surface area (Å²) in [6.45, 7) is 14.5. The normalized spacial score (nSPS) is 17.3. The van der Waals surface area contributed by atoms with Crippen molar-refractivity contribution in [2.45, 2.75) is 116 Å². The summed E-state index contributed by atoms with van der Waals surface area (Å²) >= 11 is 0.976. The number of fused-ring (bicyclic) bond motifs is 1. The van der Waals surface area contributed by atoms with Crippen molar-refractivity contribution in [1.29, 1.82) is 0 Å². The zero-order valence-electron chi connectivity index (χ0n) is 38.2. The molecule has 2 heterocycles. The molecule has 1 aliphatic heterocycles. The van der Waals surface area contributed by atoms with Gasteiger partial charge in [-0.3, -0.25) is 38.5 Å². The number of aliphatic carboxylic acids is 2. The number of nitrogens with two attached hydrogens (primary N) is 1. The molecule has 348 valence electrons. The van der Waals surface area contributed by atoms with Crippen LogP contribution in [0, 0.1) is 11.3 Å². The minimum absolute atomic E-state index is 0.0564. The fraction of sp³-hybridized carbons (Fsp3) is 0.591. The molecule has 18 nitrogen and oxygen atoms in total. The van der Waals surface area contributed by atoms with Crippen molar-refractivity contribution in [1.82, 2.24) is 35.6 Å². The maximum absolute atomic E-state index is 14.4. The van der Waals surface area contributed by atoms with E-state index in [2.05, 4.69) is 21.3 Å². The van der Waals surface area contributed by atoms with Crippen LogP contribution in [0.15, 0.2) is 42.1 Å². The van der Waals surface area contributed by atoms with Gasteiger partial charge in [0, 0.05) is 73.9 Å². The Hall–Kier alpha value is -5.27. The molecule has 0 saturated carbocycles. The molecule has 6 amide bonds. The maximum atomic E-state index is 14.4. The Balaban J connectivity index is 1.65. The average molecular weight is 899 g/mol. The number of likely N-dealkylation sites (tertiary alicyclic amines) is 1. The number of nitrogens with zero attached hydrogens (tertiary/aromatic N) is 3. The Morgan fingerprint density at radius 1 is 1.00 bits per heavy atom. The number of likely N-dealkylation sites (N-methyl/N-ethyl adjacent to an activating group) is 2. The van der Waals surface area contributed by atoms with Crippen molar-refractivity contribution in [3.63, 3.8) is 0 Å². The lowest BCUT2D eigenvalue weighted by molar-refractivity contribution is -0.142. The molecule has 2 aromatic rings. The molecule has 1 aromatic carbocycles. The zero-order chi connectivity index (χ0) is 47.7. The first-order chi connectivity index (χ1) is 29.2. The lowest BCUT2D eigenvalue weighted by Crippen LogP contribution is -2.61. The number of thioether (sulfide) groups is 1. The summed E-state index contributed by atoms with van der Waals surface area (Å²) in [6.07, 6.45) is 2.91. The number of imide groups is 1. The predicted molar refractivity (Wildman–Crippen MR) is 240 cm³/mol. The van der Waals surface area contributed by atoms with Gasteiger partial charge in [0.15, 0.2) is 0 Å². The number of benzene rings is 1. The van der Waals surface area contributed by atoms with Gasteiger partial charge in [-0.1, -0.05) is 72.7 Å². The van der Waals surface area contributed by atoms with Gasteiger partial charge < -0.3 is 46.7 Å². The minimum Gasteiger partial charge on any atom is -0.480 e. The summed E-state index contributed by atoms with van der Waals surface area (Å²) in [5.41, 5.74) is 6.19. The van der Waals surface area contributed by atoms with Crippen LogP contribution in [0.4, 0.5) is 0 Å². The molecule has 63 heavy (non-hydrogen) atoms. The topological polar surface area (TPSA) is 263 Å². The fourth-order valence-electron chi connectivity index (χ4n) is 7.65. The smallest absolute Gasteiger partial charge is 0.326 e. The molecule has 1 saturated heterocycles. The second-order valence-corrected chi connectivity index (χ2v) is 19.3. The van der Waals surface area contributed by atoms with Gasteiger partial charge in [0.2, 0.25) is 35.4 Å². The largest absolute Gasteiger partial charge is 0.480 e. The first-order valence-corrected chi connectivity index (χ1v) is 22.0. The number of carboxylic acids is 2. The molecule has 1 aliphatic rings. The molecule has 1 fully saturated rings. The third-order valence-electron chi connectivity index (χ3n) is 11.4. The van der Waals surface area contributed by atoms with Crippen LogP contribution in [-0.4, -0.2) is 140 Å². The van der Waals surface area contributed by atoms with E-state index in [9.17, 15) is 43.5 Å². The van der Waals surface area contributed by atoms with Crippen LogP contribution in [0.1, 0.15) is 80.2 Å². The molecule has 0 radical (unpaired) electrons. The van der Waals surface area contributed by atoms with Gasteiger partial charge in [-0.05, 0) is 43.4 Å². The third-order valence-corrected chi connectivity index (χ3v) is 12.8. The number of aryl methyl sites for hydroxylation is 1. The monoisotopic (exact) mass is 898 g/mol. The SMILES string of the molecule is CN[C@H](C(=O)N[C@H](C(=O)N(C)[C@H](/C=C(\C)C(=O)N[C@H](CCC(=O)NCCN1C(=O)CC(SC[C@H](N)C(=O)O)C1=O)C(=O)O)C(C)C)C(C)(C)C)C(C)(C)c1cn(C)c2ccccc12. The highest BCUT2D eigenvalue weighted by Crippen LogP contribution is 2.35. The Morgan fingerprint density at radius 3 is 2.21 bits per heavy atom. The average Bonchev–Trinajstić information content (AvgIpc) is 3.69. The molecule has 1 aromatic heterocycles. The number of nitrogens with one attached hydrogen (secondary N) is 4. The quantitative estimate of drug-likeness (QED) is 0.0657. The highest BCUT2D eigenvalue weighted by molar-refractivity contribution is 8.00. The minimum atomic E-state index is -1.45. The second kappa shape index (κ2) is 21.9. The van der Waals surface area contributed by atoms with E-state index in [1.54, 1.807) is 20.2 Å². The highest BCUT2D eigenvalue weighted by atomic mass is 32.2. The van der Waals surface area contributed by atoms with Crippen LogP contribution in [0.5, 0.6) is 0 Å². The molecule has 0 spiro atoms. The highest BCUT2D eigenvalue weighted by Gasteiger charge is 2.43. The van der Waals surface area contributed by atoms with E-state index in [0.717, 1.165) is 33.1 Å². The number of rotatable bonds is 22. The number of aromatic nitrogens is 1. The fourth-order valence-corrected chi connectivity index (χ4v) is 8.76. The van der Waals surface area contributed by atoms with E-state index in [1.165, 1.54) is 11.8 Å². The summed E-state index contributed by atoms with van der Waals surface area (Å²) in [5, 5.41) is 30.3. The molecule has 0 aliphatic carbocycles. The Kier molecular flexibility index (Phi) is 18.1. The van der Waals surface area contributed by atoms with Gasteiger partial charge in [0.1, 0.15) is 18.1 Å². The number of carbonyl (C=O) groups excluding carboxylic acids is 6. The van der Waals surface area contributed by atoms with E-state index in [-0.39, 0.29) is 61.4 Å². The van der Waals surface area contributed by atoms with E-state index >= 15 is 0 Å². The summed E-state index contributed by atoms with van der Waals surface area (Å²) in [6, 6.07) is 2.99. The molecule has 1 unspecified atom stereocenters. The number of para-hydroxylation sites is 1. The van der Waals surface area contributed by atoms with Gasteiger partial charge in [0.25, 0.3) is 0 Å². The number of hydrogen-bond acceptors (Lipinski definition) is 11. The lowest BCUT2D eigenvalue weighted by atomic mass is 9.76. The zero-order valence-corrected chi connectivity index (χ0v) is 39.1. The molecular formula is C44H66N8O10S. The standard InChI is InChI=1S/C44H66N8O10S/c1-24(2)31(51(11)40(58)36(43(4,5)6)49-38(56)35(46-9)44(7,8)27-22-50(10)30-15-13-12-14-26(27)30)20-25(3)37(55)48-29(42(61)62)16-17-33(53)47-18-19-52-34(54)21-32(39(52)57)63-23-28(45)41(59)60/h12-15,20,22,24,28-29,31-32,35-36,46H,16-19,21,23,45H2,1-11H3,(H,47,53)(H,48,55)(H,49,56)(H,59,60)(H,61,62)/b25-20+/t28-,29+,31+,32?,35+,36+/m0/s1. The molecule has 6 atom stereocenters. The van der Waals surface area contributed by atoms with Crippen LogP contribution < -0.4 is 27.0 Å². The number of carboxylic acid groups (broad SMARTS) is 2. The van der Waals surface area contributed by atoms with E-state index in [4.69, 9.17) is 10.8 Å². The molecule has 8 N–H and O–H groups in total. The first-order valence-electron chi connectivity index (χ1n) is 21.0. The van der Waals surface area contributed by atoms with Crippen molar-refractivity contribution in [2.75, 3.05) is 32.9 Å². The molecular weight excluding hydrogens is 833 g/mol. The van der Waals surface area contributed by atoms with Crippen molar-refractivity contribution < 1.29 is 48.6 Å². The van der Waals surface area contributed by atoms with E-state index < -0.39 is 81.9 Å². The summed E-state index contributed by atoms with van der Waals surface area (Å²) < 4.78 is 2.02. The van der Waals surface area contributed by atoms with Crippen molar-refractivity contribution in [2.24, 2.45) is 24.1 Å². The summed E-state index contributed by atoms with van der Waals surface area (Å²) in [4.78, 5) is 105. The van der Waals surface area contributed by atoms with E-state index in [1.807, 2.05) is 90.5 Å². The first kappa shape index (κ1) is 52.1. The summed E-state index contributed by atoms with van der Waals surface area (Å²) in [5.74, 6) is -5.88. The van der Waals surface area contributed by atoms with Crippen LogP contribution in [0.25, 0.3) is 10.9 Å². The van der Waals surface area contributed by atoms with Gasteiger partial charge in [0.05, 0.1) is 17.3 Å². The van der Waals surface area contributed by atoms with Gasteiger partial charge in [-0.15, -0.1) is 11.8 Å². The van der Waals surface area contributed by atoms with Crippen LogP contribution >= 0.6 is 11.8 Å². The van der Waals surface area contributed by atoms with Gasteiger partial charge in [-0.25, -0.2) is 4.79 Å². The lowest BCUT2D eigenvalue weighted by Gasteiger charge is -2.39. The van der Waals surface area contributed by atoms with Crippen LogP contribution in [0.3, 0.4) is 0 Å².